The Hall–Kier alpha value is -1.61. The highest BCUT2D eigenvalue weighted by atomic mass is 127. The third-order valence-corrected chi connectivity index (χ3v) is 5.74. The SMILES string of the molecule is CN=C(NCCCc1ccc(C(C)C)cc1)NCc1ccc(S(C)(=O)=O)cc1.I. The highest BCUT2D eigenvalue weighted by molar-refractivity contribution is 14.0. The minimum absolute atomic E-state index is 0. The predicted octanol–water partition coefficient (Wildman–Crippen LogP) is 4.13. The summed E-state index contributed by atoms with van der Waals surface area (Å²) in [6.07, 6.45) is 3.25. The van der Waals surface area contributed by atoms with Gasteiger partial charge in [-0.2, -0.15) is 0 Å². The van der Waals surface area contributed by atoms with Crippen LogP contribution in [0.4, 0.5) is 0 Å². The number of nitrogens with zero attached hydrogens (tertiary/aromatic N) is 1. The molecule has 29 heavy (non-hydrogen) atoms. The Bertz CT molecular complexity index is 877. The molecular weight excluding hydrogens is 497 g/mol. The summed E-state index contributed by atoms with van der Waals surface area (Å²) in [4.78, 5) is 4.57. The average molecular weight is 529 g/mol. The lowest BCUT2D eigenvalue weighted by Gasteiger charge is -2.12. The first-order chi connectivity index (χ1) is 13.3. The van der Waals surface area contributed by atoms with Crippen LogP contribution in [0.15, 0.2) is 58.4 Å². The standard InChI is InChI=1S/C22H31N3O2S.HI/c1-17(2)20-11-7-18(8-12-20)6-5-15-24-22(23-3)25-16-19-9-13-21(14-10-19)28(4,26)27;/h7-14,17H,5-6,15-16H2,1-4H3,(H2,23,24,25);1H. The molecule has 0 aliphatic rings. The van der Waals surface area contributed by atoms with E-state index < -0.39 is 9.84 Å². The van der Waals surface area contributed by atoms with Gasteiger partial charge in [-0.1, -0.05) is 50.2 Å². The maximum absolute atomic E-state index is 11.5. The molecule has 2 N–H and O–H groups in total. The summed E-state index contributed by atoms with van der Waals surface area (Å²) < 4.78 is 23.0. The van der Waals surface area contributed by atoms with Crippen molar-refractivity contribution in [3.8, 4) is 0 Å². The summed E-state index contributed by atoms with van der Waals surface area (Å²) in [6, 6.07) is 15.7. The van der Waals surface area contributed by atoms with Gasteiger partial charge in [0.25, 0.3) is 0 Å². The summed E-state index contributed by atoms with van der Waals surface area (Å²) in [5, 5.41) is 6.57. The van der Waals surface area contributed by atoms with Crippen LogP contribution in [-0.4, -0.2) is 34.2 Å². The zero-order valence-corrected chi connectivity index (χ0v) is 20.8. The number of hydrogen-bond acceptors (Lipinski definition) is 3. The first-order valence-electron chi connectivity index (χ1n) is 9.62. The first-order valence-corrected chi connectivity index (χ1v) is 11.5. The van der Waals surface area contributed by atoms with Gasteiger partial charge in [-0.25, -0.2) is 8.42 Å². The number of aryl methyl sites for hydroxylation is 1. The van der Waals surface area contributed by atoms with Crippen molar-refractivity contribution in [2.24, 2.45) is 4.99 Å². The van der Waals surface area contributed by atoms with Crippen molar-refractivity contribution in [2.45, 2.75) is 44.0 Å². The van der Waals surface area contributed by atoms with Gasteiger partial charge in [0, 0.05) is 26.4 Å². The maximum Gasteiger partial charge on any atom is 0.191 e. The minimum Gasteiger partial charge on any atom is -0.356 e. The fraction of sp³-hybridized carbons (Fsp3) is 0.409. The molecule has 0 unspecified atom stereocenters. The Balaban J connectivity index is 0.00000420. The first kappa shape index (κ1) is 25.4. The Morgan fingerprint density at radius 3 is 2.07 bits per heavy atom. The van der Waals surface area contributed by atoms with Gasteiger partial charge in [-0.3, -0.25) is 4.99 Å². The van der Waals surface area contributed by atoms with E-state index in [4.69, 9.17) is 0 Å². The van der Waals surface area contributed by atoms with E-state index in [-0.39, 0.29) is 24.0 Å². The van der Waals surface area contributed by atoms with Crippen molar-refractivity contribution in [1.29, 1.82) is 0 Å². The smallest absolute Gasteiger partial charge is 0.191 e. The second-order valence-corrected chi connectivity index (χ2v) is 9.28. The number of rotatable bonds is 8. The molecule has 0 amide bonds. The van der Waals surface area contributed by atoms with Crippen LogP contribution in [0.25, 0.3) is 0 Å². The summed E-state index contributed by atoms with van der Waals surface area (Å²) in [7, 11) is -1.41. The lowest BCUT2D eigenvalue weighted by molar-refractivity contribution is 0.602. The van der Waals surface area contributed by atoms with Crippen molar-refractivity contribution in [1.82, 2.24) is 10.6 Å². The third kappa shape index (κ3) is 8.74. The van der Waals surface area contributed by atoms with Crippen LogP contribution < -0.4 is 10.6 Å². The summed E-state index contributed by atoms with van der Waals surface area (Å²) in [5.41, 5.74) is 3.72. The molecule has 2 aromatic carbocycles. The fourth-order valence-electron chi connectivity index (χ4n) is 2.83. The van der Waals surface area contributed by atoms with Crippen LogP contribution in [0.3, 0.4) is 0 Å². The summed E-state index contributed by atoms with van der Waals surface area (Å²) >= 11 is 0. The van der Waals surface area contributed by atoms with Gasteiger partial charge in [0.1, 0.15) is 0 Å². The zero-order chi connectivity index (χ0) is 20.6. The number of sulfone groups is 1. The highest BCUT2D eigenvalue weighted by Gasteiger charge is 2.06. The molecule has 5 nitrogen and oxygen atoms in total. The molecule has 0 spiro atoms. The Morgan fingerprint density at radius 1 is 0.966 bits per heavy atom. The molecule has 0 aromatic heterocycles. The molecule has 0 aliphatic carbocycles. The molecule has 7 heteroatoms. The monoisotopic (exact) mass is 529 g/mol. The van der Waals surface area contributed by atoms with Crippen molar-refractivity contribution in [3.63, 3.8) is 0 Å². The number of benzene rings is 2. The van der Waals surface area contributed by atoms with Gasteiger partial charge >= 0.3 is 0 Å². The summed E-state index contributed by atoms with van der Waals surface area (Å²) in [5.74, 6) is 1.30. The molecular formula is C22H32IN3O2S. The summed E-state index contributed by atoms with van der Waals surface area (Å²) in [6.45, 7) is 5.83. The molecule has 0 saturated carbocycles. The Labute approximate surface area is 192 Å². The van der Waals surface area contributed by atoms with E-state index in [0.29, 0.717) is 17.4 Å². The van der Waals surface area contributed by atoms with Gasteiger partial charge in [0.15, 0.2) is 15.8 Å². The molecule has 2 rings (SSSR count). The van der Waals surface area contributed by atoms with E-state index in [1.165, 1.54) is 17.4 Å². The van der Waals surface area contributed by atoms with Gasteiger partial charge < -0.3 is 10.6 Å². The van der Waals surface area contributed by atoms with Crippen LogP contribution in [0.2, 0.25) is 0 Å². The number of halogens is 1. The predicted molar refractivity (Wildman–Crippen MR) is 132 cm³/mol. The lowest BCUT2D eigenvalue weighted by Crippen LogP contribution is -2.37. The van der Waals surface area contributed by atoms with Crippen molar-refractivity contribution in [2.75, 3.05) is 19.8 Å². The molecule has 0 aliphatic heterocycles. The number of nitrogens with one attached hydrogen (secondary N) is 2. The molecule has 0 radical (unpaired) electrons. The maximum atomic E-state index is 11.5. The lowest BCUT2D eigenvalue weighted by atomic mass is 10.0. The number of guanidine groups is 1. The fourth-order valence-corrected chi connectivity index (χ4v) is 3.46. The minimum atomic E-state index is -3.16. The van der Waals surface area contributed by atoms with E-state index in [1.54, 1.807) is 19.2 Å². The Morgan fingerprint density at radius 2 is 1.55 bits per heavy atom. The molecule has 0 heterocycles. The second kappa shape index (κ2) is 12.2. The zero-order valence-electron chi connectivity index (χ0n) is 17.6. The molecule has 2 aromatic rings. The quantitative estimate of drug-likeness (QED) is 0.234. The second-order valence-electron chi connectivity index (χ2n) is 7.27. The van der Waals surface area contributed by atoms with Crippen LogP contribution >= 0.6 is 24.0 Å². The van der Waals surface area contributed by atoms with Crippen molar-refractivity contribution < 1.29 is 8.42 Å². The van der Waals surface area contributed by atoms with E-state index in [0.717, 1.165) is 30.9 Å². The average Bonchev–Trinajstić information content (AvgIpc) is 2.67. The van der Waals surface area contributed by atoms with Crippen molar-refractivity contribution in [3.05, 3.63) is 65.2 Å². The Kier molecular flexibility index (Phi) is 10.7. The normalized spacial score (nSPS) is 11.8. The van der Waals surface area contributed by atoms with Crippen LogP contribution in [0.1, 0.15) is 42.9 Å². The van der Waals surface area contributed by atoms with E-state index in [1.807, 2.05) is 12.1 Å². The topological polar surface area (TPSA) is 70.6 Å². The van der Waals surface area contributed by atoms with E-state index in [2.05, 4.69) is 53.7 Å². The van der Waals surface area contributed by atoms with Gasteiger partial charge in [-0.05, 0) is 47.6 Å². The van der Waals surface area contributed by atoms with Crippen LogP contribution in [0, 0.1) is 0 Å². The van der Waals surface area contributed by atoms with Crippen LogP contribution in [0.5, 0.6) is 0 Å². The van der Waals surface area contributed by atoms with Crippen LogP contribution in [-0.2, 0) is 22.8 Å². The number of aliphatic imine (C=N–C) groups is 1. The van der Waals surface area contributed by atoms with E-state index >= 15 is 0 Å². The molecule has 0 fully saturated rings. The largest absolute Gasteiger partial charge is 0.356 e. The van der Waals surface area contributed by atoms with Gasteiger partial charge in [-0.15, -0.1) is 24.0 Å². The molecule has 0 atom stereocenters. The number of hydrogen-bond donors (Lipinski definition) is 2. The van der Waals surface area contributed by atoms with E-state index in [9.17, 15) is 8.42 Å². The third-order valence-electron chi connectivity index (χ3n) is 4.62. The molecule has 0 bridgehead atoms. The highest BCUT2D eigenvalue weighted by Crippen LogP contribution is 2.15. The van der Waals surface area contributed by atoms with Gasteiger partial charge in [0.2, 0.25) is 0 Å². The molecule has 160 valence electrons. The molecule has 0 saturated heterocycles. The van der Waals surface area contributed by atoms with Gasteiger partial charge in [0.05, 0.1) is 4.90 Å². The van der Waals surface area contributed by atoms with Crippen molar-refractivity contribution >= 4 is 39.8 Å².